The molecule has 0 fully saturated rings. The zero-order valence-corrected chi connectivity index (χ0v) is 16.4. The summed E-state index contributed by atoms with van der Waals surface area (Å²) in [6.45, 7) is 5.73. The topological polar surface area (TPSA) is 45.5 Å². The third-order valence-electron chi connectivity index (χ3n) is 4.53. The van der Waals surface area contributed by atoms with Crippen LogP contribution in [0.2, 0.25) is 0 Å². The van der Waals surface area contributed by atoms with Gasteiger partial charge in [-0.3, -0.25) is 0 Å². The van der Waals surface area contributed by atoms with Crippen LogP contribution in [0.4, 0.5) is 0 Å². The van der Waals surface area contributed by atoms with Gasteiger partial charge in [0.05, 0.1) is 17.6 Å². The molecule has 0 spiro atoms. The van der Waals surface area contributed by atoms with Crippen LogP contribution in [0.15, 0.2) is 48.5 Å². The lowest BCUT2D eigenvalue weighted by Gasteiger charge is -2.12. The summed E-state index contributed by atoms with van der Waals surface area (Å²) in [5, 5.41) is 0. The molecule has 3 rings (SSSR count). The first kappa shape index (κ1) is 19.4. The molecule has 3 aromatic rings. The Morgan fingerprint density at radius 1 is 1.04 bits per heavy atom. The van der Waals surface area contributed by atoms with E-state index in [1.807, 2.05) is 51.2 Å². The van der Waals surface area contributed by atoms with Crippen molar-refractivity contribution in [1.82, 2.24) is 9.55 Å². The van der Waals surface area contributed by atoms with Gasteiger partial charge in [0.15, 0.2) is 6.29 Å². The maximum absolute atomic E-state index is 5.92. The molecule has 5 heteroatoms. The molecular weight excluding hydrogens is 340 g/mol. The summed E-state index contributed by atoms with van der Waals surface area (Å²) in [6.07, 6.45) is 1.81. The predicted molar refractivity (Wildman–Crippen MR) is 107 cm³/mol. The van der Waals surface area contributed by atoms with Crippen molar-refractivity contribution >= 4 is 11.0 Å². The fourth-order valence-electron chi connectivity index (χ4n) is 3.03. The molecule has 5 nitrogen and oxygen atoms in total. The number of hydrogen-bond donors (Lipinski definition) is 0. The second-order valence-corrected chi connectivity index (χ2v) is 6.51. The number of fused-ring (bicyclic) bond motifs is 1. The van der Waals surface area contributed by atoms with Gasteiger partial charge in [-0.25, -0.2) is 4.98 Å². The maximum atomic E-state index is 5.92. The molecule has 0 bridgehead atoms. The zero-order chi connectivity index (χ0) is 19.1. The Morgan fingerprint density at radius 3 is 2.56 bits per heavy atom. The van der Waals surface area contributed by atoms with Crippen molar-refractivity contribution in [3.05, 3.63) is 59.9 Å². The highest BCUT2D eigenvalue weighted by Gasteiger charge is 2.07. The monoisotopic (exact) mass is 368 g/mol. The van der Waals surface area contributed by atoms with Gasteiger partial charge in [-0.05, 0) is 56.5 Å². The van der Waals surface area contributed by atoms with Crippen LogP contribution in [0.1, 0.15) is 31.7 Å². The van der Waals surface area contributed by atoms with Crippen molar-refractivity contribution < 1.29 is 14.2 Å². The Hall–Kier alpha value is -2.37. The first-order valence-electron chi connectivity index (χ1n) is 9.52. The molecule has 0 aliphatic rings. The molecule has 144 valence electrons. The van der Waals surface area contributed by atoms with Gasteiger partial charge in [-0.2, -0.15) is 0 Å². The number of aromatic nitrogens is 2. The van der Waals surface area contributed by atoms with Crippen molar-refractivity contribution in [2.24, 2.45) is 7.05 Å². The first-order valence-corrected chi connectivity index (χ1v) is 9.52. The number of imidazole rings is 1. The highest BCUT2D eigenvalue weighted by molar-refractivity contribution is 5.75. The minimum atomic E-state index is -0.131. The summed E-state index contributed by atoms with van der Waals surface area (Å²) >= 11 is 0. The van der Waals surface area contributed by atoms with Crippen LogP contribution in [-0.4, -0.2) is 29.1 Å². The van der Waals surface area contributed by atoms with E-state index in [1.165, 1.54) is 5.56 Å². The fourth-order valence-corrected chi connectivity index (χ4v) is 3.03. The highest BCUT2D eigenvalue weighted by atomic mass is 16.7. The summed E-state index contributed by atoms with van der Waals surface area (Å²) in [5.74, 6) is 1.77. The quantitative estimate of drug-likeness (QED) is 0.391. The molecule has 1 heterocycles. The predicted octanol–water partition coefficient (Wildman–Crippen LogP) is 4.48. The van der Waals surface area contributed by atoms with Gasteiger partial charge >= 0.3 is 0 Å². The number of hydrogen-bond acceptors (Lipinski definition) is 4. The lowest BCUT2D eigenvalue weighted by Crippen LogP contribution is -2.13. The molecule has 0 aliphatic carbocycles. The molecule has 0 amide bonds. The average molecular weight is 368 g/mol. The number of benzene rings is 2. The molecule has 2 aromatic carbocycles. The van der Waals surface area contributed by atoms with Crippen molar-refractivity contribution in [2.75, 3.05) is 13.2 Å². The molecule has 27 heavy (non-hydrogen) atoms. The number of aryl methyl sites for hydroxylation is 2. The normalized spacial score (nSPS) is 12.4. The van der Waals surface area contributed by atoms with Gasteiger partial charge in [0.1, 0.15) is 18.2 Å². The zero-order valence-electron chi connectivity index (χ0n) is 16.4. The third kappa shape index (κ3) is 5.31. The Morgan fingerprint density at radius 2 is 1.81 bits per heavy atom. The second-order valence-electron chi connectivity index (χ2n) is 6.51. The van der Waals surface area contributed by atoms with Crippen molar-refractivity contribution in [3.8, 4) is 5.75 Å². The van der Waals surface area contributed by atoms with E-state index in [2.05, 4.69) is 27.8 Å². The summed E-state index contributed by atoms with van der Waals surface area (Å²) in [5.41, 5.74) is 3.39. The van der Waals surface area contributed by atoms with Crippen LogP contribution >= 0.6 is 0 Å². The van der Waals surface area contributed by atoms with Gasteiger partial charge in [-0.1, -0.05) is 24.3 Å². The number of ether oxygens (including phenoxy) is 3. The Bertz CT molecular complexity index is 842. The maximum Gasteiger partial charge on any atom is 0.154 e. The van der Waals surface area contributed by atoms with Crippen LogP contribution in [0, 0.1) is 0 Å². The van der Waals surface area contributed by atoms with Gasteiger partial charge in [0.2, 0.25) is 0 Å². The number of para-hydroxylation sites is 2. The smallest absolute Gasteiger partial charge is 0.154 e. The highest BCUT2D eigenvalue weighted by Crippen LogP contribution is 2.18. The van der Waals surface area contributed by atoms with Crippen LogP contribution in [0.3, 0.4) is 0 Å². The molecule has 0 saturated carbocycles. The van der Waals surface area contributed by atoms with E-state index >= 15 is 0 Å². The summed E-state index contributed by atoms with van der Waals surface area (Å²) in [4.78, 5) is 4.64. The SMILES string of the molecule is CCOC(C)OCCCc1ccc(OCc2nc3ccccc3n2C)cc1. The van der Waals surface area contributed by atoms with Crippen molar-refractivity contribution in [3.63, 3.8) is 0 Å². The van der Waals surface area contributed by atoms with Crippen LogP contribution in [0.25, 0.3) is 11.0 Å². The Balaban J connectivity index is 1.47. The van der Waals surface area contributed by atoms with Gasteiger partial charge in [0, 0.05) is 13.7 Å². The van der Waals surface area contributed by atoms with Crippen molar-refractivity contribution in [1.29, 1.82) is 0 Å². The summed E-state index contributed by atoms with van der Waals surface area (Å²) in [7, 11) is 2.02. The van der Waals surface area contributed by atoms with Gasteiger partial charge in [0.25, 0.3) is 0 Å². The molecule has 1 unspecified atom stereocenters. The van der Waals surface area contributed by atoms with E-state index in [-0.39, 0.29) is 6.29 Å². The molecule has 0 radical (unpaired) electrons. The standard InChI is InChI=1S/C22H28N2O3/c1-4-25-17(2)26-15-7-8-18-11-13-19(14-12-18)27-16-22-23-20-9-5-6-10-21(20)24(22)3/h5-6,9-14,17H,4,7-8,15-16H2,1-3H3. The molecule has 1 atom stereocenters. The lowest BCUT2D eigenvalue weighted by molar-refractivity contribution is -0.127. The summed E-state index contributed by atoms with van der Waals surface area (Å²) < 4.78 is 18.9. The minimum absolute atomic E-state index is 0.131. The average Bonchev–Trinajstić information content (AvgIpc) is 3.01. The largest absolute Gasteiger partial charge is 0.486 e. The molecular formula is C22H28N2O3. The van der Waals surface area contributed by atoms with Crippen LogP contribution in [0.5, 0.6) is 5.75 Å². The van der Waals surface area contributed by atoms with E-state index in [1.54, 1.807) is 0 Å². The van der Waals surface area contributed by atoms with Gasteiger partial charge in [-0.15, -0.1) is 0 Å². The Kier molecular flexibility index (Phi) is 6.85. The molecule has 0 saturated heterocycles. The van der Waals surface area contributed by atoms with Crippen LogP contribution in [-0.2, 0) is 29.5 Å². The number of rotatable bonds is 10. The molecule has 0 N–H and O–H groups in total. The van der Waals surface area contributed by atoms with E-state index in [0.29, 0.717) is 19.8 Å². The van der Waals surface area contributed by atoms with E-state index in [9.17, 15) is 0 Å². The third-order valence-corrected chi connectivity index (χ3v) is 4.53. The molecule has 1 aromatic heterocycles. The lowest BCUT2D eigenvalue weighted by atomic mass is 10.1. The first-order chi connectivity index (χ1) is 13.2. The Labute approximate surface area is 160 Å². The van der Waals surface area contributed by atoms with E-state index < -0.39 is 0 Å². The van der Waals surface area contributed by atoms with E-state index in [0.717, 1.165) is 35.4 Å². The molecule has 0 aliphatic heterocycles. The number of nitrogens with zero attached hydrogens (tertiary/aromatic N) is 2. The van der Waals surface area contributed by atoms with Crippen LogP contribution < -0.4 is 4.74 Å². The fraction of sp³-hybridized carbons (Fsp3) is 0.409. The van der Waals surface area contributed by atoms with Crippen molar-refractivity contribution in [2.45, 2.75) is 39.6 Å². The second kappa shape index (κ2) is 9.53. The van der Waals surface area contributed by atoms with E-state index in [4.69, 9.17) is 14.2 Å². The minimum Gasteiger partial charge on any atom is -0.486 e. The van der Waals surface area contributed by atoms with Gasteiger partial charge < -0.3 is 18.8 Å². The summed E-state index contributed by atoms with van der Waals surface area (Å²) in [6, 6.07) is 16.4.